The van der Waals surface area contributed by atoms with Crippen LogP contribution in [0.15, 0.2) is 24.3 Å². The van der Waals surface area contributed by atoms with Gasteiger partial charge in [-0.15, -0.1) is 0 Å². The Balaban J connectivity index is 1.67. The van der Waals surface area contributed by atoms with Crippen molar-refractivity contribution in [3.63, 3.8) is 0 Å². The highest BCUT2D eigenvalue weighted by molar-refractivity contribution is 9.09. The van der Waals surface area contributed by atoms with E-state index in [2.05, 4.69) is 40.2 Å². The van der Waals surface area contributed by atoms with Crippen LogP contribution in [0.1, 0.15) is 43.0 Å². The van der Waals surface area contributed by atoms with Gasteiger partial charge in [0.05, 0.1) is 6.61 Å². The predicted octanol–water partition coefficient (Wildman–Crippen LogP) is 4.96. The van der Waals surface area contributed by atoms with Gasteiger partial charge in [-0.25, -0.2) is 0 Å². The molecule has 1 aromatic rings. The number of hydrogen-bond donors (Lipinski definition) is 0. The second-order valence-corrected chi connectivity index (χ2v) is 6.58. The Morgan fingerprint density at radius 2 is 1.78 bits per heavy atom. The zero-order chi connectivity index (χ0) is 12.5. The number of hydrogen-bond acceptors (Lipinski definition) is 1. The summed E-state index contributed by atoms with van der Waals surface area (Å²) in [5.74, 6) is 3.85. The molecule has 1 nitrogen and oxygen atoms in total. The van der Waals surface area contributed by atoms with E-state index < -0.39 is 0 Å². The summed E-state index contributed by atoms with van der Waals surface area (Å²) in [5.41, 5.74) is 1.41. The van der Waals surface area contributed by atoms with Crippen molar-refractivity contribution in [1.29, 1.82) is 0 Å². The smallest absolute Gasteiger partial charge is 0.119 e. The zero-order valence-electron chi connectivity index (χ0n) is 10.9. The lowest BCUT2D eigenvalue weighted by atomic mass is 10.0. The lowest BCUT2D eigenvalue weighted by Crippen LogP contribution is -1.96. The van der Waals surface area contributed by atoms with Crippen molar-refractivity contribution in [2.24, 2.45) is 17.8 Å². The van der Waals surface area contributed by atoms with Crippen LogP contribution in [0.4, 0.5) is 0 Å². The molecule has 3 unspecified atom stereocenters. The number of ether oxygens (including phenoxy) is 1. The number of benzene rings is 1. The van der Waals surface area contributed by atoms with Gasteiger partial charge in [0, 0.05) is 4.83 Å². The molecule has 0 aliphatic heterocycles. The minimum Gasteiger partial charge on any atom is -0.494 e. The predicted molar refractivity (Wildman–Crippen MR) is 78.2 cm³/mol. The van der Waals surface area contributed by atoms with Crippen molar-refractivity contribution in [2.75, 3.05) is 6.61 Å². The van der Waals surface area contributed by atoms with Crippen molar-refractivity contribution in [3.05, 3.63) is 29.8 Å². The number of alkyl halides is 1. The summed E-state index contributed by atoms with van der Waals surface area (Å²) in [7, 11) is 0. The van der Waals surface area contributed by atoms with Gasteiger partial charge >= 0.3 is 0 Å². The molecule has 3 atom stereocenters. The highest BCUT2D eigenvalue weighted by Crippen LogP contribution is 2.62. The van der Waals surface area contributed by atoms with Crippen LogP contribution in [0.2, 0.25) is 0 Å². The van der Waals surface area contributed by atoms with Crippen LogP contribution in [-0.2, 0) is 0 Å². The van der Waals surface area contributed by atoms with E-state index in [-0.39, 0.29) is 0 Å². The maximum Gasteiger partial charge on any atom is 0.119 e. The monoisotopic (exact) mass is 308 g/mol. The van der Waals surface area contributed by atoms with Gasteiger partial charge in [0.2, 0.25) is 0 Å². The Bertz CT molecular complexity index is 388. The summed E-state index contributed by atoms with van der Waals surface area (Å²) in [6.45, 7) is 2.76. The summed E-state index contributed by atoms with van der Waals surface area (Å²) in [5, 5.41) is 0. The highest BCUT2D eigenvalue weighted by Gasteiger charge is 2.53. The lowest BCUT2D eigenvalue weighted by molar-refractivity contribution is 0.340. The van der Waals surface area contributed by atoms with Crippen molar-refractivity contribution < 1.29 is 4.74 Å². The van der Waals surface area contributed by atoms with Crippen LogP contribution in [0.3, 0.4) is 0 Å². The summed E-state index contributed by atoms with van der Waals surface area (Å²) in [6.07, 6.45) is 5.80. The van der Waals surface area contributed by atoms with E-state index in [0.29, 0.717) is 4.83 Å². The van der Waals surface area contributed by atoms with E-state index in [9.17, 15) is 0 Å². The first kappa shape index (κ1) is 12.5. The summed E-state index contributed by atoms with van der Waals surface area (Å²) in [6, 6.07) is 8.63. The highest BCUT2D eigenvalue weighted by atomic mass is 79.9. The van der Waals surface area contributed by atoms with Crippen LogP contribution < -0.4 is 4.74 Å². The molecule has 0 spiro atoms. The van der Waals surface area contributed by atoms with Gasteiger partial charge in [-0.05, 0) is 55.2 Å². The molecule has 98 valence electrons. The fraction of sp³-hybridized carbons (Fsp3) is 0.625. The van der Waals surface area contributed by atoms with E-state index in [0.717, 1.165) is 30.1 Å². The summed E-state index contributed by atoms with van der Waals surface area (Å²) in [4.78, 5) is 0.543. The molecule has 1 aromatic carbocycles. The average molecular weight is 309 g/mol. The minimum absolute atomic E-state index is 0.543. The van der Waals surface area contributed by atoms with Crippen LogP contribution >= 0.6 is 15.9 Å². The molecule has 0 amide bonds. The minimum atomic E-state index is 0.543. The maximum absolute atomic E-state index is 5.50. The van der Waals surface area contributed by atoms with E-state index in [1.807, 2.05) is 6.92 Å². The fourth-order valence-electron chi connectivity index (χ4n) is 3.62. The van der Waals surface area contributed by atoms with Gasteiger partial charge in [0.25, 0.3) is 0 Å². The topological polar surface area (TPSA) is 9.23 Å². The molecule has 3 rings (SSSR count). The third-order valence-electron chi connectivity index (χ3n) is 4.57. The van der Waals surface area contributed by atoms with Gasteiger partial charge in [0.15, 0.2) is 0 Å². The molecular weight excluding hydrogens is 288 g/mol. The molecule has 0 N–H and O–H groups in total. The Labute approximate surface area is 118 Å². The van der Waals surface area contributed by atoms with E-state index in [1.165, 1.54) is 31.2 Å². The molecule has 0 radical (unpaired) electrons. The molecular formula is C16H21BrO. The van der Waals surface area contributed by atoms with Crippen LogP contribution in [-0.4, -0.2) is 6.61 Å². The third kappa shape index (κ3) is 2.32. The molecule has 2 saturated carbocycles. The SMILES string of the molecule is CCOc1ccc(C(Br)C2C3CCCCC32)cc1. The van der Waals surface area contributed by atoms with Crippen LogP contribution in [0, 0.1) is 17.8 Å². The normalized spacial score (nSPS) is 31.6. The Hall–Kier alpha value is -0.500. The number of halogens is 1. The number of rotatable bonds is 4. The van der Waals surface area contributed by atoms with Gasteiger partial charge in [-0.2, -0.15) is 0 Å². The summed E-state index contributed by atoms with van der Waals surface area (Å²) < 4.78 is 5.50. The molecule has 2 aliphatic rings. The van der Waals surface area contributed by atoms with Crippen molar-refractivity contribution >= 4 is 15.9 Å². The third-order valence-corrected chi connectivity index (χ3v) is 5.71. The van der Waals surface area contributed by atoms with Gasteiger partial charge < -0.3 is 4.74 Å². The van der Waals surface area contributed by atoms with Gasteiger partial charge in [-0.3, -0.25) is 0 Å². The molecule has 18 heavy (non-hydrogen) atoms. The Morgan fingerprint density at radius 1 is 1.17 bits per heavy atom. The van der Waals surface area contributed by atoms with Crippen molar-refractivity contribution in [3.8, 4) is 5.75 Å². The first-order valence-electron chi connectivity index (χ1n) is 7.18. The van der Waals surface area contributed by atoms with Crippen molar-refractivity contribution in [1.82, 2.24) is 0 Å². The molecule has 0 bridgehead atoms. The largest absolute Gasteiger partial charge is 0.494 e. The molecule has 2 aliphatic carbocycles. The molecule has 2 heteroatoms. The van der Waals surface area contributed by atoms with Crippen molar-refractivity contribution in [2.45, 2.75) is 37.4 Å². The van der Waals surface area contributed by atoms with Crippen LogP contribution in [0.25, 0.3) is 0 Å². The molecule has 0 aromatic heterocycles. The molecule has 0 saturated heterocycles. The van der Waals surface area contributed by atoms with E-state index in [4.69, 9.17) is 4.74 Å². The Kier molecular flexibility index (Phi) is 3.65. The first-order valence-corrected chi connectivity index (χ1v) is 8.09. The standard InChI is InChI=1S/C16H21BrO/c1-2-18-12-9-7-11(8-10-12)16(17)15-13-5-3-4-6-14(13)15/h7-10,13-16H,2-6H2,1H3. The second-order valence-electron chi connectivity index (χ2n) is 5.59. The molecule has 2 fully saturated rings. The Morgan fingerprint density at radius 3 is 2.33 bits per heavy atom. The number of fused-ring (bicyclic) bond motifs is 1. The van der Waals surface area contributed by atoms with Crippen LogP contribution in [0.5, 0.6) is 5.75 Å². The zero-order valence-corrected chi connectivity index (χ0v) is 12.5. The van der Waals surface area contributed by atoms with E-state index in [1.54, 1.807) is 0 Å². The summed E-state index contributed by atoms with van der Waals surface area (Å²) >= 11 is 3.93. The average Bonchev–Trinajstić information content (AvgIpc) is 3.13. The van der Waals surface area contributed by atoms with Gasteiger partial charge in [-0.1, -0.05) is 40.9 Å². The first-order chi connectivity index (χ1) is 8.81. The lowest BCUT2D eigenvalue weighted by Gasteiger charge is -2.11. The maximum atomic E-state index is 5.50. The fourth-order valence-corrected chi connectivity index (χ4v) is 4.71. The second kappa shape index (κ2) is 5.24. The quantitative estimate of drug-likeness (QED) is 0.714. The van der Waals surface area contributed by atoms with Gasteiger partial charge in [0.1, 0.15) is 5.75 Å². The molecule has 0 heterocycles. The van der Waals surface area contributed by atoms with E-state index >= 15 is 0 Å².